The number of aliphatic hydroxyl groups excluding tert-OH is 1. The number of hydrogen-bond donors (Lipinski definition) is 1. The van der Waals surface area contributed by atoms with Gasteiger partial charge in [0.1, 0.15) is 10.8 Å². The lowest BCUT2D eigenvalue weighted by molar-refractivity contribution is 0.119. The van der Waals surface area contributed by atoms with Crippen molar-refractivity contribution in [3.8, 4) is 0 Å². The second-order valence-electron chi connectivity index (χ2n) is 10.2. The van der Waals surface area contributed by atoms with Crippen molar-refractivity contribution in [2.24, 2.45) is 5.41 Å². The van der Waals surface area contributed by atoms with Crippen LogP contribution in [0.25, 0.3) is 0 Å². The van der Waals surface area contributed by atoms with Gasteiger partial charge in [-0.3, -0.25) is 4.21 Å². The summed E-state index contributed by atoms with van der Waals surface area (Å²) in [6, 6.07) is 8.34. The van der Waals surface area contributed by atoms with Crippen LogP contribution in [0.4, 0.5) is 11.8 Å². The molecule has 3 heterocycles. The molecule has 4 aliphatic rings. The first-order valence-electron chi connectivity index (χ1n) is 11.7. The molecule has 0 radical (unpaired) electrons. The van der Waals surface area contributed by atoms with Crippen LogP contribution in [0.15, 0.2) is 35.4 Å². The second kappa shape index (κ2) is 7.67. The van der Waals surface area contributed by atoms with Gasteiger partial charge in [-0.2, -0.15) is 4.98 Å². The predicted octanol–water partition coefficient (Wildman–Crippen LogP) is 4.09. The van der Waals surface area contributed by atoms with Gasteiger partial charge in [-0.25, -0.2) is 4.98 Å². The molecule has 6 nitrogen and oxygen atoms in total. The van der Waals surface area contributed by atoms with Crippen molar-refractivity contribution in [3.05, 3.63) is 41.0 Å². The summed E-state index contributed by atoms with van der Waals surface area (Å²) >= 11 is 6.05. The fourth-order valence-electron chi connectivity index (χ4n) is 6.09. The highest BCUT2D eigenvalue weighted by Gasteiger charge is 2.49. The van der Waals surface area contributed by atoms with Crippen LogP contribution in [0.2, 0.25) is 5.02 Å². The van der Waals surface area contributed by atoms with Crippen LogP contribution in [0, 0.1) is 5.41 Å². The van der Waals surface area contributed by atoms with Crippen LogP contribution in [0.5, 0.6) is 0 Å². The average molecular weight is 473 g/mol. The molecular formula is C24H29ClN4O2S. The first-order chi connectivity index (χ1) is 15.5. The molecule has 170 valence electrons. The zero-order chi connectivity index (χ0) is 21.9. The van der Waals surface area contributed by atoms with E-state index < -0.39 is 10.8 Å². The van der Waals surface area contributed by atoms with E-state index in [-0.39, 0.29) is 12.1 Å². The number of benzene rings is 1. The molecule has 1 saturated heterocycles. The molecule has 32 heavy (non-hydrogen) atoms. The Morgan fingerprint density at radius 3 is 2.47 bits per heavy atom. The molecule has 1 aromatic carbocycles. The number of nitrogens with zero attached hydrogens (tertiary/aromatic N) is 4. The summed E-state index contributed by atoms with van der Waals surface area (Å²) in [6.07, 6.45) is 9.60. The normalized spacial score (nSPS) is 26.0. The molecule has 1 aromatic heterocycles. The lowest BCUT2D eigenvalue weighted by atomic mass is 9.65. The van der Waals surface area contributed by atoms with Crippen molar-refractivity contribution < 1.29 is 9.32 Å². The Morgan fingerprint density at radius 1 is 1.12 bits per heavy atom. The Kier molecular flexibility index (Phi) is 5.01. The van der Waals surface area contributed by atoms with Gasteiger partial charge < -0.3 is 14.9 Å². The molecule has 2 saturated carbocycles. The van der Waals surface area contributed by atoms with Gasteiger partial charge in [-0.05, 0) is 68.6 Å². The lowest BCUT2D eigenvalue weighted by Crippen LogP contribution is -2.58. The second-order valence-corrected chi connectivity index (χ2v) is 12.0. The van der Waals surface area contributed by atoms with E-state index in [4.69, 9.17) is 16.6 Å². The number of aliphatic hydroxyl groups is 1. The third-order valence-corrected chi connectivity index (χ3v) is 9.87. The summed E-state index contributed by atoms with van der Waals surface area (Å²) in [5.74, 6) is 2.56. The maximum Gasteiger partial charge on any atom is 0.227 e. The van der Waals surface area contributed by atoms with Crippen molar-refractivity contribution in [1.29, 1.82) is 0 Å². The fourth-order valence-corrected chi connectivity index (χ4v) is 7.51. The minimum absolute atomic E-state index is 0.0879. The number of rotatable bonds is 4. The van der Waals surface area contributed by atoms with E-state index in [9.17, 15) is 9.32 Å². The van der Waals surface area contributed by atoms with Gasteiger partial charge in [-0.1, -0.05) is 23.7 Å². The van der Waals surface area contributed by atoms with Gasteiger partial charge >= 0.3 is 0 Å². The molecule has 8 heteroatoms. The number of halogens is 1. The quantitative estimate of drug-likeness (QED) is 0.722. The van der Waals surface area contributed by atoms with Gasteiger partial charge in [0.25, 0.3) is 0 Å². The van der Waals surface area contributed by atoms with Crippen LogP contribution in [0.3, 0.4) is 0 Å². The number of hydrogen-bond acceptors (Lipinski definition) is 6. The van der Waals surface area contributed by atoms with Crippen LogP contribution < -0.4 is 9.80 Å². The molecular weight excluding hydrogens is 444 g/mol. The monoisotopic (exact) mass is 472 g/mol. The zero-order valence-corrected chi connectivity index (χ0v) is 19.7. The van der Waals surface area contributed by atoms with Gasteiger partial charge in [0, 0.05) is 23.5 Å². The van der Waals surface area contributed by atoms with E-state index in [0.29, 0.717) is 22.1 Å². The third kappa shape index (κ3) is 3.27. The molecule has 2 aliphatic carbocycles. The molecule has 6 rings (SSSR count). The Labute approximate surface area is 196 Å². The molecule has 0 bridgehead atoms. The van der Waals surface area contributed by atoms with Crippen molar-refractivity contribution in [1.82, 2.24) is 9.97 Å². The van der Waals surface area contributed by atoms with Crippen molar-refractivity contribution >= 4 is 34.2 Å². The molecule has 1 spiro atoms. The smallest absolute Gasteiger partial charge is 0.227 e. The topological polar surface area (TPSA) is 69.6 Å². The number of aromatic nitrogens is 2. The highest BCUT2D eigenvalue weighted by atomic mass is 35.5. The Hall–Kier alpha value is -1.70. The van der Waals surface area contributed by atoms with E-state index >= 15 is 0 Å². The highest BCUT2D eigenvalue weighted by molar-refractivity contribution is 7.85. The van der Waals surface area contributed by atoms with E-state index in [1.54, 1.807) is 6.20 Å². The molecule has 1 N–H and O–H groups in total. The summed E-state index contributed by atoms with van der Waals surface area (Å²) < 4.78 is 12.6. The average Bonchev–Trinajstić information content (AvgIpc) is 3.09. The van der Waals surface area contributed by atoms with Gasteiger partial charge in [-0.15, -0.1) is 0 Å². The molecule has 2 aliphatic heterocycles. The van der Waals surface area contributed by atoms with Crippen LogP contribution in [0.1, 0.15) is 56.4 Å². The molecule has 0 amide bonds. The SMILES string of the molecule is O=[S@]1CN(C2(CO)CCC2)c2nc(N3CC4(CCC(c5ccc(Cl)cc5)CC4)C3)ncc21. The Balaban J connectivity index is 1.14. The number of anilines is 2. The van der Waals surface area contributed by atoms with Crippen LogP contribution in [-0.2, 0) is 10.8 Å². The first kappa shape index (κ1) is 20.9. The van der Waals surface area contributed by atoms with Gasteiger partial charge in [0.2, 0.25) is 5.95 Å². The molecule has 0 unspecified atom stereocenters. The molecule has 1 atom stereocenters. The van der Waals surface area contributed by atoms with E-state index in [0.717, 1.165) is 49.1 Å². The summed E-state index contributed by atoms with van der Waals surface area (Å²) in [6.45, 7) is 2.07. The molecule has 2 aromatic rings. The zero-order valence-electron chi connectivity index (χ0n) is 18.2. The van der Waals surface area contributed by atoms with Crippen molar-refractivity contribution in [2.75, 3.05) is 35.4 Å². The van der Waals surface area contributed by atoms with E-state index in [1.165, 1.54) is 31.2 Å². The fraction of sp³-hybridized carbons (Fsp3) is 0.583. The summed E-state index contributed by atoms with van der Waals surface area (Å²) in [5.41, 5.74) is 1.49. The first-order valence-corrected chi connectivity index (χ1v) is 13.4. The van der Waals surface area contributed by atoms with Crippen LogP contribution in [-0.4, -0.2) is 50.4 Å². The number of fused-ring (bicyclic) bond motifs is 1. The lowest BCUT2D eigenvalue weighted by Gasteiger charge is -2.53. The third-order valence-electron chi connectivity index (χ3n) is 8.35. The predicted molar refractivity (Wildman–Crippen MR) is 127 cm³/mol. The largest absolute Gasteiger partial charge is 0.394 e. The summed E-state index contributed by atoms with van der Waals surface area (Å²) in [4.78, 5) is 14.5. The van der Waals surface area contributed by atoms with Crippen molar-refractivity contribution in [2.45, 2.75) is 61.3 Å². The summed E-state index contributed by atoms with van der Waals surface area (Å²) in [7, 11) is -1.12. The van der Waals surface area contributed by atoms with Gasteiger partial charge in [0.05, 0.1) is 29.1 Å². The highest BCUT2D eigenvalue weighted by Crippen LogP contribution is 2.50. The van der Waals surface area contributed by atoms with Gasteiger partial charge in [0.15, 0.2) is 5.82 Å². The Bertz CT molecular complexity index is 1040. The van der Waals surface area contributed by atoms with E-state index in [2.05, 4.69) is 26.9 Å². The maximum atomic E-state index is 12.6. The van der Waals surface area contributed by atoms with E-state index in [1.807, 2.05) is 12.1 Å². The van der Waals surface area contributed by atoms with Crippen LogP contribution >= 0.6 is 11.6 Å². The minimum Gasteiger partial charge on any atom is -0.394 e. The Morgan fingerprint density at radius 2 is 1.84 bits per heavy atom. The standard InChI is InChI=1S/C24H29ClN4O2S/c25-19-4-2-17(3-5-19)18-6-10-23(11-7-18)13-28(14-23)22-26-12-20-21(27-22)29(16-32(20)31)24(15-30)8-1-9-24/h2-5,12,18,30H,1,6-11,13-16H2/t32-/m0/s1. The maximum absolute atomic E-state index is 12.6. The van der Waals surface area contributed by atoms with Crippen molar-refractivity contribution in [3.63, 3.8) is 0 Å². The minimum atomic E-state index is -1.12. The summed E-state index contributed by atoms with van der Waals surface area (Å²) in [5, 5.41) is 10.8. The molecule has 3 fully saturated rings.